The molecule has 0 aromatic rings. The third-order valence-corrected chi connectivity index (χ3v) is 7.50. The van der Waals surface area contributed by atoms with Crippen LogP contribution < -0.4 is 0 Å². The highest BCUT2D eigenvalue weighted by Crippen LogP contribution is 2.57. The standard InChI is InChI=1S/C17H26BrNO/c1-10-2-3-19(15(10)9-18)17(20)16-13-5-11-4-12(7-13)8-14(16)6-11/h10-16H,2-9H2,1H3. The molecule has 2 atom stereocenters. The van der Waals surface area contributed by atoms with Crippen LogP contribution in [0.4, 0.5) is 0 Å². The predicted octanol–water partition coefficient (Wildman–Crippen LogP) is 3.69. The van der Waals surface area contributed by atoms with Gasteiger partial charge in [-0.2, -0.15) is 0 Å². The molecule has 2 unspecified atom stereocenters. The Bertz CT molecular complexity index is 382. The summed E-state index contributed by atoms with van der Waals surface area (Å²) in [6, 6.07) is 0.444. The number of alkyl halides is 1. The lowest BCUT2D eigenvalue weighted by atomic mass is 9.51. The first-order valence-electron chi connectivity index (χ1n) is 8.53. The molecule has 0 radical (unpaired) electrons. The van der Waals surface area contributed by atoms with E-state index in [2.05, 4.69) is 27.8 Å². The van der Waals surface area contributed by atoms with Crippen LogP contribution in [0.2, 0.25) is 0 Å². The Morgan fingerprint density at radius 3 is 2.25 bits per heavy atom. The van der Waals surface area contributed by atoms with E-state index in [0.717, 1.165) is 35.5 Å². The molecule has 5 fully saturated rings. The van der Waals surface area contributed by atoms with Gasteiger partial charge in [0.1, 0.15) is 0 Å². The summed E-state index contributed by atoms with van der Waals surface area (Å²) in [5.41, 5.74) is 0. The van der Waals surface area contributed by atoms with Crippen LogP contribution in [0.25, 0.3) is 0 Å². The fourth-order valence-electron chi connectivity index (χ4n) is 6.04. The van der Waals surface area contributed by atoms with E-state index in [9.17, 15) is 4.79 Å². The first-order valence-corrected chi connectivity index (χ1v) is 9.66. The van der Waals surface area contributed by atoms with Crippen LogP contribution in [0.15, 0.2) is 0 Å². The number of halogens is 1. The monoisotopic (exact) mass is 339 g/mol. The van der Waals surface area contributed by atoms with E-state index in [1.807, 2.05) is 0 Å². The smallest absolute Gasteiger partial charge is 0.226 e. The first kappa shape index (κ1) is 13.6. The average molecular weight is 340 g/mol. The highest BCUT2D eigenvalue weighted by molar-refractivity contribution is 9.09. The molecular weight excluding hydrogens is 314 g/mol. The van der Waals surface area contributed by atoms with E-state index >= 15 is 0 Å². The van der Waals surface area contributed by atoms with Crippen molar-refractivity contribution in [3.63, 3.8) is 0 Å². The van der Waals surface area contributed by atoms with Crippen LogP contribution in [-0.4, -0.2) is 28.7 Å². The van der Waals surface area contributed by atoms with Gasteiger partial charge in [-0.1, -0.05) is 22.9 Å². The van der Waals surface area contributed by atoms with E-state index in [4.69, 9.17) is 0 Å². The lowest BCUT2D eigenvalue weighted by molar-refractivity contribution is -0.149. The number of carbonyl (C=O) groups excluding carboxylic acids is 1. The first-order chi connectivity index (χ1) is 9.67. The topological polar surface area (TPSA) is 20.3 Å². The Labute approximate surface area is 130 Å². The summed E-state index contributed by atoms with van der Waals surface area (Å²) in [4.78, 5) is 15.4. The fraction of sp³-hybridized carbons (Fsp3) is 0.941. The van der Waals surface area contributed by atoms with Crippen LogP contribution >= 0.6 is 15.9 Å². The minimum Gasteiger partial charge on any atom is -0.338 e. The highest BCUT2D eigenvalue weighted by Gasteiger charge is 2.52. The van der Waals surface area contributed by atoms with Gasteiger partial charge in [0.15, 0.2) is 0 Å². The Hall–Kier alpha value is -0.0500. The molecule has 4 bridgehead atoms. The second-order valence-electron chi connectivity index (χ2n) is 7.98. The molecule has 5 rings (SSSR count). The summed E-state index contributed by atoms with van der Waals surface area (Å²) in [6.45, 7) is 3.30. The summed E-state index contributed by atoms with van der Waals surface area (Å²) < 4.78 is 0. The van der Waals surface area contributed by atoms with Crippen LogP contribution in [0, 0.1) is 35.5 Å². The molecule has 2 nitrogen and oxygen atoms in total. The van der Waals surface area contributed by atoms with Gasteiger partial charge in [0.25, 0.3) is 0 Å². The zero-order chi connectivity index (χ0) is 13.9. The Kier molecular flexibility index (Phi) is 3.40. The van der Waals surface area contributed by atoms with Crippen LogP contribution in [0.5, 0.6) is 0 Å². The van der Waals surface area contributed by atoms with Gasteiger partial charge in [0.2, 0.25) is 5.91 Å². The summed E-state index contributed by atoms with van der Waals surface area (Å²) >= 11 is 3.63. The maximum absolute atomic E-state index is 13.2. The molecule has 0 aromatic carbocycles. The largest absolute Gasteiger partial charge is 0.338 e. The molecule has 112 valence electrons. The summed E-state index contributed by atoms with van der Waals surface area (Å²) in [7, 11) is 0. The Morgan fingerprint density at radius 1 is 1.10 bits per heavy atom. The van der Waals surface area contributed by atoms with Crippen molar-refractivity contribution in [2.45, 2.75) is 51.5 Å². The number of nitrogens with zero attached hydrogens (tertiary/aromatic N) is 1. The minimum absolute atomic E-state index is 0.384. The summed E-state index contributed by atoms with van der Waals surface area (Å²) in [5.74, 6) is 4.95. The maximum Gasteiger partial charge on any atom is 0.226 e. The highest BCUT2D eigenvalue weighted by atomic mass is 79.9. The normalized spacial score (nSPS) is 49.9. The molecule has 20 heavy (non-hydrogen) atoms. The summed E-state index contributed by atoms with van der Waals surface area (Å²) in [5, 5.41) is 0.952. The molecule has 5 aliphatic rings. The minimum atomic E-state index is 0.384. The lowest BCUT2D eigenvalue weighted by Gasteiger charge is -2.54. The van der Waals surface area contributed by atoms with Gasteiger partial charge in [-0.05, 0) is 68.1 Å². The molecule has 4 aliphatic carbocycles. The Morgan fingerprint density at radius 2 is 1.70 bits per heavy atom. The van der Waals surface area contributed by atoms with Gasteiger partial charge in [-0.25, -0.2) is 0 Å². The van der Waals surface area contributed by atoms with E-state index in [-0.39, 0.29) is 0 Å². The van der Waals surface area contributed by atoms with Crippen molar-refractivity contribution in [2.24, 2.45) is 35.5 Å². The van der Waals surface area contributed by atoms with Crippen molar-refractivity contribution in [2.75, 3.05) is 11.9 Å². The SMILES string of the molecule is CC1CCN(C(=O)C2C3CC4CC(C3)CC2C4)C1CBr. The van der Waals surface area contributed by atoms with Crippen LogP contribution in [0.3, 0.4) is 0 Å². The molecule has 1 saturated heterocycles. The van der Waals surface area contributed by atoms with Gasteiger partial charge < -0.3 is 4.90 Å². The fourth-order valence-corrected chi connectivity index (χ4v) is 7.02. The van der Waals surface area contributed by atoms with E-state index in [0.29, 0.717) is 23.8 Å². The number of hydrogen-bond donors (Lipinski definition) is 0. The maximum atomic E-state index is 13.2. The average Bonchev–Trinajstić information content (AvgIpc) is 2.78. The van der Waals surface area contributed by atoms with E-state index in [1.165, 1.54) is 38.5 Å². The number of rotatable bonds is 2. The Balaban J connectivity index is 1.54. The molecule has 0 aromatic heterocycles. The van der Waals surface area contributed by atoms with Gasteiger partial charge in [-0.3, -0.25) is 4.79 Å². The number of likely N-dealkylation sites (tertiary alicyclic amines) is 1. The van der Waals surface area contributed by atoms with Crippen LogP contribution in [0.1, 0.15) is 45.4 Å². The third-order valence-electron chi connectivity index (χ3n) is 6.84. The molecule has 3 heteroatoms. The number of carbonyl (C=O) groups is 1. The number of hydrogen-bond acceptors (Lipinski definition) is 1. The quantitative estimate of drug-likeness (QED) is 0.702. The van der Waals surface area contributed by atoms with Crippen molar-refractivity contribution in [1.29, 1.82) is 0 Å². The van der Waals surface area contributed by atoms with Gasteiger partial charge in [0, 0.05) is 23.8 Å². The predicted molar refractivity (Wildman–Crippen MR) is 83.6 cm³/mol. The molecule has 0 spiro atoms. The van der Waals surface area contributed by atoms with Crippen LogP contribution in [-0.2, 0) is 4.79 Å². The van der Waals surface area contributed by atoms with Crippen molar-refractivity contribution >= 4 is 21.8 Å². The van der Waals surface area contributed by atoms with Crippen molar-refractivity contribution in [3.05, 3.63) is 0 Å². The van der Waals surface area contributed by atoms with E-state index < -0.39 is 0 Å². The zero-order valence-electron chi connectivity index (χ0n) is 12.4. The molecule has 0 N–H and O–H groups in total. The van der Waals surface area contributed by atoms with Crippen molar-refractivity contribution < 1.29 is 4.79 Å². The number of amides is 1. The third kappa shape index (κ3) is 1.99. The van der Waals surface area contributed by atoms with Gasteiger partial charge in [0.05, 0.1) is 0 Å². The zero-order valence-corrected chi connectivity index (χ0v) is 14.0. The van der Waals surface area contributed by atoms with Gasteiger partial charge >= 0.3 is 0 Å². The molecule has 1 amide bonds. The molecule has 4 saturated carbocycles. The summed E-state index contributed by atoms with van der Waals surface area (Å²) in [6.07, 6.45) is 8.07. The van der Waals surface area contributed by atoms with E-state index in [1.54, 1.807) is 0 Å². The molecular formula is C17H26BrNO. The van der Waals surface area contributed by atoms with Crippen molar-refractivity contribution in [3.8, 4) is 0 Å². The second kappa shape index (κ2) is 5.00. The molecule has 1 heterocycles. The second-order valence-corrected chi connectivity index (χ2v) is 8.62. The van der Waals surface area contributed by atoms with Gasteiger partial charge in [-0.15, -0.1) is 0 Å². The van der Waals surface area contributed by atoms with Crippen molar-refractivity contribution in [1.82, 2.24) is 4.90 Å². The lowest BCUT2D eigenvalue weighted by Crippen LogP contribution is -2.53. The molecule has 1 aliphatic heterocycles.